The monoisotopic (exact) mass is 254 g/mol. The Kier molecular flexibility index (Phi) is 3.24. The number of methoxy groups -OCH3 is 1. The van der Waals surface area contributed by atoms with Crippen LogP contribution in [-0.4, -0.2) is 7.04 Å². The Bertz CT molecular complexity index is 332. The first kappa shape index (κ1) is 7.18. The molecular weight excluding hydrogens is 241 g/mol. The second-order valence-electron chi connectivity index (χ2n) is 2.07. The van der Waals surface area contributed by atoms with Crippen LogP contribution in [0.2, 0.25) is 0 Å². The molecule has 0 aliphatic carbocycles. The number of hydrogen-bond acceptors (Lipinski definition) is 2. The first-order chi connectivity index (χ1) is 6.42. The summed E-state index contributed by atoms with van der Waals surface area (Å²) in [6, 6.07) is 5.05. The van der Waals surface area contributed by atoms with Crippen molar-refractivity contribution in [3.8, 4) is 5.75 Å². The Morgan fingerprint density at radius 2 is 2.42 bits per heavy atom. The highest BCUT2D eigenvalue weighted by atomic mass is 79.9. The molecule has 0 fully saturated rings. The summed E-state index contributed by atoms with van der Waals surface area (Å²) in [5.74, 6) is 0.294. The molecule has 68 valence electrons. The first-order valence-corrected chi connectivity index (χ1v) is 3.89. The fourth-order valence-corrected chi connectivity index (χ4v) is 1.26. The summed E-state index contributed by atoms with van der Waals surface area (Å²) in [5.41, 5.74) is 6.34. The molecule has 0 atom stereocenters. The van der Waals surface area contributed by atoms with Gasteiger partial charge in [-0.15, -0.1) is 12.4 Å². The van der Waals surface area contributed by atoms with Gasteiger partial charge in [0.05, 0.1) is 15.6 Å². The molecule has 0 saturated heterocycles. The Morgan fingerprint density at radius 1 is 1.67 bits per heavy atom. The number of halogens is 2. The third-order valence-corrected chi connectivity index (χ3v) is 1.96. The minimum Gasteiger partial charge on any atom is -0.496 e. The highest BCUT2D eigenvalue weighted by Gasteiger charge is 1.98. The molecule has 0 aromatic heterocycles. The summed E-state index contributed by atoms with van der Waals surface area (Å²) in [6.07, 6.45) is 0. The zero-order valence-electron chi connectivity index (χ0n) is 9.21. The van der Waals surface area contributed by atoms with E-state index in [1.54, 1.807) is 18.2 Å². The van der Waals surface area contributed by atoms with E-state index >= 15 is 0 Å². The number of nitrogens with two attached hydrogens (primary N) is 1. The molecule has 0 aliphatic heterocycles. The maximum Gasteiger partial charge on any atom is 0.133 e. The van der Waals surface area contributed by atoms with Gasteiger partial charge in [0.2, 0.25) is 0 Å². The van der Waals surface area contributed by atoms with E-state index in [9.17, 15) is 0 Å². The third kappa shape index (κ3) is 2.66. The van der Waals surface area contributed by atoms with Gasteiger partial charge in [0.1, 0.15) is 5.75 Å². The van der Waals surface area contributed by atoms with E-state index in [0.717, 1.165) is 5.56 Å². The quantitative estimate of drug-likeness (QED) is 0.880. The van der Waals surface area contributed by atoms with Gasteiger partial charge in [-0.3, -0.25) is 0 Å². The van der Waals surface area contributed by atoms with E-state index in [-0.39, 0.29) is 12.4 Å². The highest BCUT2D eigenvalue weighted by Crippen LogP contribution is 2.25. The van der Waals surface area contributed by atoms with E-state index in [1.807, 2.05) is 0 Å². The molecule has 0 amide bonds. The fraction of sp³-hybridized carbons (Fsp3) is 0.250. The lowest BCUT2D eigenvalue weighted by molar-refractivity contribution is 0.412. The molecule has 0 radical (unpaired) electrons. The summed E-state index contributed by atoms with van der Waals surface area (Å²) >= 11 is 3.21. The molecule has 0 spiro atoms. The van der Waals surface area contributed by atoms with Gasteiger partial charge >= 0.3 is 0 Å². The second-order valence-corrected chi connectivity index (χ2v) is 2.93. The molecule has 0 heterocycles. The molecule has 0 saturated carbocycles. The van der Waals surface area contributed by atoms with E-state index in [1.165, 1.54) is 0 Å². The van der Waals surface area contributed by atoms with Crippen molar-refractivity contribution in [3.63, 3.8) is 0 Å². The highest BCUT2D eigenvalue weighted by molar-refractivity contribution is 9.10. The number of rotatable bonds is 2. The maximum atomic E-state index is 6.93. The van der Waals surface area contributed by atoms with Crippen molar-refractivity contribution in [1.82, 2.24) is 0 Å². The summed E-state index contributed by atoms with van der Waals surface area (Å²) in [4.78, 5) is 0. The van der Waals surface area contributed by atoms with Crippen molar-refractivity contribution < 1.29 is 8.85 Å². The maximum absolute atomic E-state index is 6.93. The second kappa shape index (κ2) is 5.41. The summed E-state index contributed by atoms with van der Waals surface area (Å²) in [5, 5.41) is 0. The predicted octanol–water partition coefficient (Wildman–Crippen LogP) is 2.34. The molecular formula is C8H11BrClNO. The molecule has 1 aromatic rings. The van der Waals surface area contributed by atoms with Crippen LogP contribution in [0.3, 0.4) is 0 Å². The van der Waals surface area contributed by atoms with Gasteiger partial charge < -0.3 is 10.5 Å². The minimum absolute atomic E-state index is 0. The van der Waals surface area contributed by atoms with Gasteiger partial charge in [-0.2, -0.15) is 0 Å². The molecule has 1 rings (SSSR count). The van der Waals surface area contributed by atoms with Crippen LogP contribution in [0, 0.1) is 0 Å². The summed E-state index contributed by atoms with van der Waals surface area (Å²) < 4.78 is 26.1. The molecule has 12 heavy (non-hydrogen) atoms. The Hall–Kier alpha value is -0.250. The van der Waals surface area contributed by atoms with Crippen molar-refractivity contribution in [2.45, 2.75) is 6.54 Å². The number of hydrogen-bond donors (Lipinski definition) is 1. The van der Waals surface area contributed by atoms with E-state index < -0.39 is 7.04 Å². The fourth-order valence-electron chi connectivity index (χ4n) is 0.754. The van der Waals surface area contributed by atoms with Gasteiger partial charge in [-0.25, -0.2) is 0 Å². The SMILES string of the molecule is Cl.[2H]C([2H])([2H])Oc1ccc(CN)cc1Br. The number of benzene rings is 1. The van der Waals surface area contributed by atoms with Gasteiger partial charge in [0, 0.05) is 6.54 Å². The molecule has 0 aliphatic rings. The van der Waals surface area contributed by atoms with Crippen molar-refractivity contribution >= 4 is 28.3 Å². The average Bonchev–Trinajstić information content (AvgIpc) is 2.06. The average molecular weight is 256 g/mol. The van der Waals surface area contributed by atoms with Crippen LogP contribution >= 0.6 is 28.3 Å². The van der Waals surface area contributed by atoms with Gasteiger partial charge in [0.15, 0.2) is 0 Å². The van der Waals surface area contributed by atoms with Crippen molar-refractivity contribution in [3.05, 3.63) is 28.2 Å². The lowest BCUT2D eigenvalue weighted by Gasteiger charge is -2.03. The van der Waals surface area contributed by atoms with Gasteiger partial charge in [-0.1, -0.05) is 6.07 Å². The molecule has 0 bridgehead atoms. The third-order valence-electron chi connectivity index (χ3n) is 1.34. The van der Waals surface area contributed by atoms with E-state index in [0.29, 0.717) is 16.8 Å². The van der Waals surface area contributed by atoms with E-state index in [2.05, 4.69) is 15.9 Å². The molecule has 4 heteroatoms. The Morgan fingerprint density at radius 3 is 2.92 bits per heavy atom. The van der Waals surface area contributed by atoms with Crippen molar-refractivity contribution in [1.29, 1.82) is 0 Å². The Labute approximate surface area is 90.9 Å². The predicted molar refractivity (Wildman–Crippen MR) is 55.8 cm³/mol. The lowest BCUT2D eigenvalue weighted by Crippen LogP contribution is -1.96. The topological polar surface area (TPSA) is 35.2 Å². The van der Waals surface area contributed by atoms with Gasteiger partial charge in [-0.05, 0) is 33.6 Å². The van der Waals surface area contributed by atoms with Crippen LogP contribution in [-0.2, 0) is 6.54 Å². The summed E-state index contributed by atoms with van der Waals surface area (Å²) in [7, 11) is -2.42. The minimum atomic E-state index is -2.42. The van der Waals surface area contributed by atoms with Gasteiger partial charge in [0.25, 0.3) is 0 Å². The van der Waals surface area contributed by atoms with Crippen LogP contribution in [0.4, 0.5) is 0 Å². The van der Waals surface area contributed by atoms with Crippen LogP contribution in [0.25, 0.3) is 0 Å². The zero-order chi connectivity index (χ0) is 10.8. The van der Waals surface area contributed by atoms with E-state index in [4.69, 9.17) is 14.6 Å². The lowest BCUT2D eigenvalue weighted by atomic mass is 10.2. The molecule has 2 N–H and O–H groups in total. The zero-order valence-corrected chi connectivity index (χ0v) is 8.61. The normalized spacial score (nSPS) is 13.7. The first-order valence-electron chi connectivity index (χ1n) is 4.60. The Balaban J connectivity index is 0.00000196. The van der Waals surface area contributed by atoms with Crippen molar-refractivity contribution in [2.24, 2.45) is 5.73 Å². The van der Waals surface area contributed by atoms with Crippen molar-refractivity contribution in [2.75, 3.05) is 7.04 Å². The van der Waals surface area contributed by atoms with Crippen LogP contribution in [0.5, 0.6) is 5.75 Å². The summed E-state index contributed by atoms with van der Waals surface area (Å²) in [6.45, 7) is 0.409. The smallest absolute Gasteiger partial charge is 0.133 e. The molecule has 2 nitrogen and oxygen atoms in total. The van der Waals surface area contributed by atoms with Crippen LogP contribution < -0.4 is 10.5 Å². The molecule has 0 unspecified atom stereocenters. The number of ether oxygens (including phenoxy) is 1. The van der Waals surface area contributed by atoms with Crippen LogP contribution in [0.1, 0.15) is 9.68 Å². The largest absolute Gasteiger partial charge is 0.496 e. The molecule has 1 aromatic carbocycles. The van der Waals surface area contributed by atoms with Crippen LogP contribution in [0.15, 0.2) is 22.7 Å². The standard InChI is InChI=1S/C8H10BrNO.ClH/c1-11-8-3-2-6(5-10)4-7(8)9;/h2-4H,5,10H2,1H3;1H/i1D3;.